The number of aryl methyl sites for hydroxylation is 1. The summed E-state index contributed by atoms with van der Waals surface area (Å²) in [7, 11) is 0. The Balaban J connectivity index is 1.61. The molecule has 1 N–H and O–H groups in total. The first-order valence-corrected chi connectivity index (χ1v) is 11.8. The van der Waals surface area contributed by atoms with Gasteiger partial charge in [0.05, 0.1) is 31.0 Å². The summed E-state index contributed by atoms with van der Waals surface area (Å²) >= 11 is 5.85. The molecule has 0 aromatic carbocycles. The van der Waals surface area contributed by atoms with Gasteiger partial charge in [0, 0.05) is 49.8 Å². The third-order valence-electron chi connectivity index (χ3n) is 6.53. The molecule has 0 aliphatic carbocycles. The summed E-state index contributed by atoms with van der Waals surface area (Å²) in [5, 5.41) is 4.42. The van der Waals surface area contributed by atoms with Crippen LogP contribution in [0.5, 0.6) is 0 Å². The quantitative estimate of drug-likeness (QED) is 0.660. The van der Waals surface area contributed by atoms with E-state index in [0.717, 1.165) is 56.6 Å². The standard InChI is InChI=1S/C24H35N5OS/c1-17(2)29-18(3)16-20(19(29)4)23-22(21-8-5-6-9-25-21)26-24(31)28(23)11-7-10-27-12-14-30-15-13-27/h5-6,8-9,16-17,22-23H,7,10-15H2,1-4H3,(H,26,31). The Bertz CT molecular complexity index is 891. The number of nitrogens with one attached hydrogen (secondary N) is 1. The van der Waals surface area contributed by atoms with Crippen molar-refractivity contribution in [1.29, 1.82) is 0 Å². The summed E-state index contributed by atoms with van der Waals surface area (Å²) in [5.41, 5.74) is 5.01. The average molecular weight is 442 g/mol. The van der Waals surface area contributed by atoms with Crippen LogP contribution in [0.4, 0.5) is 0 Å². The van der Waals surface area contributed by atoms with Crippen LogP contribution in [-0.2, 0) is 4.74 Å². The average Bonchev–Trinajstić information content (AvgIpc) is 3.25. The molecule has 2 saturated heterocycles. The summed E-state index contributed by atoms with van der Waals surface area (Å²) < 4.78 is 7.92. The van der Waals surface area contributed by atoms with Crippen LogP contribution in [0.1, 0.15) is 61.0 Å². The van der Waals surface area contributed by atoms with Crippen molar-refractivity contribution in [1.82, 2.24) is 24.7 Å². The molecule has 0 spiro atoms. The molecule has 0 radical (unpaired) electrons. The van der Waals surface area contributed by atoms with Gasteiger partial charge in [-0.15, -0.1) is 0 Å². The summed E-state index contributed by atoms with van der Waals surface area (Å²) in [6, 6.07) is 9.10. The fraction of sp³-hybridized carbons (Fsp3) is 0.583. The van der Waals surface area contributed by atoms with Crippen LogP contribution in [0, 0.1) is 13.8 Å². The van der Waals surface area contributed by atoms with Gasteiger partial charge in [-0.05, 0) is 70.1 Å². The number of morpholine rings is 1. The largest absolute Gasteiger partial charge is 0.379 e. The lowest BCUT2D eigenvalue weighted by atomic mass is 9.96. The molecule has 4 heterocycles. The highest BCUT2D eigenvalue weighted by molar-refractivity contribution is 7.80. The number of aromatic nitrogens is 2. The van der Waals surface area contributed by atoms with E-state index in [2.05, 4.69) is 70.6 Å². The van der Waals surface area contributed by atoms with Gasteiger partial charge in [0.1, 0.15) is 0 Å². The van der Waals surface area contributed by atoms with Gasteiger partial charge in [-0.2, -0.15) is 0 Å². The number of hydrogen-bond donors (Lipinski definition) is 1. The number of hydrogen-bond acceptors (Lipinski definition) is 4. The molecule has 0 amide bonds. The third-order valence-corrected chi connectivity index (χ3v) is 6.89. The fourth-order valence-electron chi connectivity index (χ4n) is 5.17. The van der Waals surface area contributed by atoms with Gasteiger partial charge in [0.15, 0.2) is 5.11 Å². The number of nitrogens with zero attached hydrogens (tertiary/aromatic N) is 4. The van der Waals surface area contributed by atoms with Crippen molar-refractivity contribution in [3.63, 3.8) is 0 Å². The van der Waals surface area contributed by atoms with Gasteiger partial charge >= 0.3 is 0 Å². The topological polar surface area (TPSA) is 45.6 Å². The molecule has 31 heavy (non-hydrogen) atoms. The van der Waals surface area contributed by atoms with E-state index in [4.69, 9.17) is 17.0 Å². The van der Waals surface area contributed by atoms with Gasteiger partial charge in [-0.3, -0.25) is 9.88 Å². The number of thiocarbonyl (C=S) groups is 1. The third kappa shape index (κ3) is 4.64. The second-order valence-electron chi connectivity index (χ2n) is 8.92. The van der Waals surface area contributed by atoms with Crippen molar-refractivity contribution in [2.75, 3.05) is 39.4 Å². The van der Waals surface area contributed by atoms with Crippen molar-refractivity contribution in [2.45, 2.75) is 52.2 Å². The number of rotatable bonds is 7. The fourth-order valence-corrected chi connectivity index (χ4v) is 5.50. The maximum atomic E-state index is 5.85. The van der Waals surface area contributed by atoms with E-state index in [0.29, 0.717) is 6.04 Å². The molecule has 0 bridgehead atoms. The van der Waals surface area contributed by atoms with E-state index in [1.165, 1.54) is 17.0 Å². The highest BCUT2D eigenvalue weighted by Crippen LogP contribution is 2.41. The van der Waals surface area contributed by atoms with Crippen molar-refractivity contribution in [3.05, 3.63) is 53.1 Å². The zero-order chi connectivity index (χ0) is 22.0. The van der Waals surface area contributed by atoms with E-state index >= 15 is 0 Å². The minimum absolute atomic E-state index is 0.0539. The molecule has 4 rings (SSSR count). The van der Waals surface area contributed by atoms with Gasteiger partial charge in [-0.1, -0.05) is 6.07 Å². The smallest absolute Gasteiger partial charge is 0.170 e. The molecule has 168 valence electrons. The number of pyridine rings is 1. The second-order valence-corrected chi connectivity index (χ2v) is 9.30. The van der Waals surface area contributed by atoms with Crippen LogP contribution in [0.3, 0.4) is 0 Å². The van der Waals surface area contributed by atoms with Gasteiger partial charge in [0.25, 0.3) is 0 Å². The monoisotopic (exact) mass is 441 g/mol. The van der Waals surface area contributed by atoms with Crippen molar-refractivity contribution in [2.24, 2.45) is 0 Å². The predicted octanol–water partition coefficient (Wildman–Crippen LogP) is 3.78. The Labute approximate surface area is 191 Å². The molecular weight excluding hydrogens is 406 g/mol. The summed E-state index contributed by atoms with van der Waals surface area (Å²) in [4.78, 5) is 9.56. The molecule has 6 nitrogen and oxygen atoms in total. The minimum Gasteiger partial charge on any atom is -0.379 e. The van der Waals surface area contributed by atoms with Crippen LogP contribution in [0.15, 0.2) is 30.5 Å². The second kappa shape index (κ2) is 9.67. The van der Waals surface area contributed by atoms with E-state index < -0.39 is 0 Å². The SMILES string of the molecule is Cc1cc(C2C(c3ccccn3)NC(=S)N2CCCN2CCOCC2)c(C)n1C(C)C. The van der Waals surface area contributed by atoms with Gasteiger partial charge in [0.2, 0.25) is 0 Å². The zero-order valence-corrected chi connectivity index (χ0v) is 20.0. The Morgan fingerprint density at radius 2 is 1.97 bits per heavy atom. The molecule has 0 saturated carbocycles. The van der Waals surface area contributed by atoms with Crippen molar-refractivity contribution in [3.8, 4) is 0 Å². The first kappa shape index (κ1) is 22.2. The van der Waals surface area contributed by atoms with Crippen molar-refractivity contribution < 1.29 is 4.74 Å². The Kier molecular flexibility index (Phi) is 6.94. The highest BCUT2D eigenvalue weighted by atomic mass is 32.1. The molecule has 2 aromatic heterocycles. The minimum atomic E-state index is 0.0539. The first-order valence-electron chi connectivity index (χ1n) is 11.4. The Morgan fingerprint density at radius 3 is 2.61 bits per heavy atom. The molecule has 2 aliphatic rings. The molecule has 7 heteroatoms. The molecule has 2 atom stereocenters. The van der Waals surface area contributed by atoms with Crippen LogP contribution >= 0.6 is 12.2 Å². The first-order chi connectivity index (χ1) is 15.0. The molecule has 2 unspecified atom stereocenters. The van der Waals surface area contributed by atoms with E-state index in [1.54, 1.807) is 0 Å². The number of ether oxygens (including phenoxy) is 1. The lowest BCUT2D eigenvalue weighted by molar-refractivity contribution is 0.0365. The van der Waals surface area contributed by atoms with Crippen LogP contribution in [0.2, 0.25) is 0 Å². The molecular formula is C24H35N5OS. The molecule has 2 aliphatic heterocycles. The Morgan fingerprint density at radius 1 is 1.19 bits per heavy atom. The summed E-state index contributed by atoms with van der Waals surface area (Å²) in [6.07, 6.45) is 2.95. The zero-order valence-electron chi connectivity index (χ0n) is 19.2. The van der Waals surface area contributed by atoms with E-state index in [9.17, 15) is 0 Å². The van der Waals surface area contributed by atoms with E-state index in [-0.39, 0.29) is 12.1 Å². The lowest BCUT2D eigenvalue weighted by Crippen LogP contribution is -2.39. The predicted molar refractivity (Wildman–Crippen MR) is 128 cm³/mol. The molecule has 2 aromatic rings. The maximum absolute atomic E-state index is 5.85. The van der Waals surface area contributed by atoms with Crippen molar-refractivity contribution >= 4 is 17.3 Å². The van der Waals surface area contributed by atoms with Crippen LogP contribution in [-0.4, -0.2) is 63.9 Å². The van der Waals surface area contributed by atoms with Gasteiger partial charge < -0.3 is 19.5 Å². The molecule has 2 fully saturated rings. The summed E-state index contributed by atoms with van der Waals surface area (Å²) in [5.74, 6) is 0. The Hall–Kier alpha value is -1.96. The maximum Gasteiger partial charge on any atom is 0.170 e. The summed E-state index contributed by atoms with van der Waals surface area (Å²) in [6.45, 7) is 14.7. The normalized spacial score (nSPS) is 22.4. The van der Waals surface area contributed by atoms with E-state index in [1.807, 2.05) is 12.3 Å². The van der Waals surface area contributed by atoms with Gasteiger partial charge in [-0.25, -0.2) is 0 Å². The van der Waals surface area contributed by atoms with Crippen LogP contribution in [0.25, 0.3) is 0 Å². The van der Waals surface area contributed by atoms with Crippen LogP contribution < -0.4 is 5.32 Å². The highest BCUT2D eigenvalue weighted by Gasteiger charge is 2.41. The lowest BCUT2D eigenvalue weighted by Gasteiger charge is -2.30.